The lowest BCUT2D eigenvalue weighted by Crippen LogP contribution is -2.45. The Labute approximate surface area is 153 Å². The average Bonchev–Trinajstić information content (AvgIpc) is 2.96. The molecule has 0 unspecified atom stereocenters. The second kappa shape index (κ2) is 8.32. The molecule has 1 heterocycles. The average molecular weight is 378 g/mol. The first-order chi connectivity index (χ1) is 12.2. The zero-order chi connectivity index (χ0) is 19.3. The van der Waals surface area contributed by atoms with Gasteiger partial charge >= 0.3 is 5.97 Å². The van der Waals surface area contributed by atoms with Crippen LogP contribution in [0.25, 0.3) is 0 Å². The lowest BCUT2D eigenvalue weighted by Gasteiger charge is -2.29. The highest BCUT2D eigenvalue weighted by molar-refractivity contribution is 7.91. The number of nitrogens with zero attached hydrogens (tertiary/aromatic N) is 2. The van der Waals surface area contributed by atoms with Gasteiger partial charge in [-0.3, -0.25) is 4.79 Å². The Morgan fingerprint density at radius 3 is 2.46 bits per heavy atom. The van der Waals surface area contributed by atoms with Gasteiger partial charge in [-0.05, 0) is 36.6 Å². The summed E-state index contributed by atoms with van der Waals surface area (Å²) in [5, 5.41) is 8.76. The molecule has 2 rings (SSSR count). The van der Waals surface area contributed by atoms with Gasteiger partial charge < -0.3 is 9.64 Å². The largest absolute Gasteiger partial charge is 0.452 e. The van der Waals surface area contributed by atoms with E-state index < -0.39 is 28.3 Å². The zero-order valence-electron chi connectivity index (χ0n) is 14.8. The highest BCUT2D eigenvalue weighted by Crippen LogP contribution is 2.19. The molecule has 1 aliphatic heterocycles. The van der Waals surface area contributed by atoms with Gasteiger partial charge in [-0.1, -0.05) is 13.8 Å². The van der Waals surface area contributed by atoms with E-state index in [4.69, 9.17) is 10.00 Å². The van der Waals surface area contributed by atoms with E-state index in [0.717, 1.165) is 0 Å². The molecule has 26 heavy (non-hydrogen) atoms. The number of nitriles is 1. The van der Waals surface area contributed by atoms with Gasteiger partial charge in [-0.2, -0.15) is 5.26 Å². The first-order valence-corrected chi connectivity index (χ1v) is 10.2. The molecule has 0 radical (unpaired) electrons. The molecule has 0 aromatic heterocycles. The van der Waals surface area contributed by atoms with Crippen molar-refractivity contribution in [3.05, 3.63) is 35.4 Å². The van der Waals surface area contributed by atoms with Crippen molar-refractivity contribution in [1.29, 1.82) is 5.26 Å². The zero-order valence-corrected chi connectivity index (χ0v) is 15.7. The van der Waals surface area contributed by atoms with E-state index in [2.05, 4.69) is 0 Å². The molecule has 8 heteroatoms. The smallest absolute Gasteiger partial charge is 0.338 e. The van der Waals surface area contributed by atoms with E-state index in [1.165, 1.54) is 29.2 Å². The molecule has 1 aromatic carbocycles. The summed E-state index contributed by atoms with van der Waals surface area (Å²) in [5.74, 6) is -0.870. The molecule has 1 aromatic rings. The molecular weight excluding hydrogens is 356 g/mol. The van der Waals surface area contributed by atoms with Crippen LogP contribution in [0.3, 0.4) is 0 Å². The van der Waals surface area contributed by atoms with Crippen LogP contribution in [-0.2, 0) is 19.4 Å². The molecule has 1 amide bonds. The fourth-order valence-electron chi connectivity index (χ4n) is 2.84. The number of benzene rings is 1. The summed E-state index contributed by atoms with van der Waals surface area (Å²) in [7, 11) is -3.12. The van der Waals surface area contributed by atoms with Gasteiger partial charge in [0.2, 0.25) is 0 Å². The summed E-state index contributed by atoms with van der Waals surface area (Å²) in [4.78, 5) is 26.1. The molecule has 1 saturated heterocycles. The van der Waals surface area contributed by atoms with Crippen molar-refractivity contribution >= 4 is 21.7 Å². The number of carbonyl (C=O) groups is 2. The third kappa shape index (κ3) is 5.30. The van der Waals surface area contributed by atoms with Crippen molar-refractivity contribution < 1.29 is 22.7 Å². The molecule has 0 bridgehead atoms. The Morgan fingerprint density at radius 2 is 1.96 bits per heavy atom. The molecule has 7 nitrogen and oxygen atoms in total. The van der Waals surface area contributed by atoms with Crippen molar-refractivity contribution in [3.8, 4) is 6.07 Å². The van der Waals surface area contributed by atoms with Gasteiger partial charge in [-0.15, -0.1) is 0 Å². The number of sulfone groups is 1. The standard InChI is InChI=1S/C18H22N2O5S/c1-13(2)10-20(16-7-8-26(23,24)12-16)17(21)11-25-18(22)15-5-3-14(9-19)4-6-15/h3-6,13,16H,7-8,10-12H2,1-2H3/t16-/m0/s1. The maximum Gasteiger partial charge on any atom is 0.338 e. The molecule has 0 N–H and O–H groups in total. The Kier molecular flexibility index (Phi) is 6.37. The number of ether oxygens (including phenoxy) is 1. The minimum absolute atomic E-state index is 0.0466. The molecule has 0 spiro atoms. The van der Waals surface area contributed by atoms with Gasteiger partial charge in [0.05, 0.1) is 28.7 Å². The third-order valence-electron chi connectivity index (χ3n) is 4.11. The fourth-order valence-corrected chi connectivity index (χ4v) is 4.57. The van der Waals surface area contributed by atoms with Crippen LogP contribution in [0.2, 0.25) is 0 Å². The second-order valence-electron chi connectivity index (χ2n) is 6.76. The molecule has 0 saturated carbocycles. The Balaban J connectivity index is 2.00. The quantitative estimate of drug-likeness (QED) is 0.693. The first kappa shape index (κ1) is 19.9. The van der Waals surface area contributed by atoms with E-state index >= 15 is 0 Å². The lowest BCUT2D eigenvalue weighted by molar-refractivity contribution is -0.137. The van der Waals surface area contributed by atoms with Crippen LogP contribution in [0.15, 0.2) is 24.3 Å². The van der Waals surface area contributed by atoms with Crippen molar-refractivity contribution in [1.82, 2.24) is 4.90 Å². The fraction of sp³-hybridized carbons (Fsp3) is 0.500. The number of esters is 1. The number of hydrogen-bond acceptors (Lipinski definition) is 6. The topological polar surface area (TPSA) is 105 Å². The minimum atomic E-state index is -3.12. The summed E-state index contributed by atoms with van der Waals surface area (Å²) < 4.78 is 28.5. The van der Waals surface area contributed by atoms with Gasteiger partial charge in [0.25, 0.3) is 5.91 Å². The summed E-state index contributed by atoms with van der Waals surface area (Å²) in [6.07, 6.45) is 0.407. The van der Waals surface area contributed by atoms with Crippen molar-refractivity contribution in [2.45, 2.75) is 26.3 Å². The SMILES string of the molecule is CC(C)CN(C(=O)COC(=O)c1ccc(C#N)cc1)[C@H]1CCS(=O)(=O)C1. The second-order valence-corrected chi connectivity index (χ2v) is 8.99. The minimum Gasteiger partial charge on any atom is -0.452 e. The highest BCUT2D eigenvalue weighted by Gasteiger charge is 2.35. The first-order valence-electron chi connectivity index (χ1n) is 8.39. The van der Waals surface area contributed by atoms with Crippen LogP contribution in [0.1, 0.15) is 36.2 Å². The molecular formula is C18H22N2O5S. The van der Waals surface area contributed by atoms with Gasteiger partial charge in [-0.25, -0.2) is 13.2 Å². The predicted octanol–water partition coefficient (Wildman–Crippen LogP) is 1.39. The van der Waals surface area contributed by atoms with E-state index in [1.807, 2.05) is 19.9 Å². The Hall–Kier alpha value is -2.40. The number of carbonyl (C=O) groups excluding carboxylic acids is 2. The Bertz CT molecular complexity index is 809. The normalized spacial score (nSPS) is 18.3. The van der Waals surface area contributed by atoms with Crippen LogP contribution >= 0.6 is 0 Å². The van der Waals surface area contributed by atoms with Crippen LogP contribution in [0.4, 0.5) is 0 Å². The third-order valence-corrected chi connectivity index (χ3v) is 5.86. The summed E-state index contributed by atoms with van der Waals surface area (Å²) in [6.45, 7) is 3.84. The van der Waals surface area contributed by atoms with Crippen LogP contribution in [-0.4, -0.2) is 55.9 Å². The maximum atomic E-state index is 12.5. The highest BCUT2D eigenvalue weighted by atomic mass is 32.2. The molecule has 0 aliphatic carbocycles. The number of rotatable bonds is 6. The number of hydrogen-bond donors (Lipinski definition) is 0. The van der Waals surface area contributed by atoms with Crippen LogP contribution in [0.5, 0.6) is 0 Å². The van der Waals surface area contributed by atoms with Crippen molar-refractivity contribution in [3.63, 3.8) is 0 Å². The van der Waals surface area contributed by atoms with Crippen LogP contribution in [0, 0.1) is 17.2 Å². The van der Waals surface area contributed by atoms with E-state index in [9.17, 15) is 18.0 Å². The summed E-state index contributed by atoms with van der Waals surface area (Å²) in [5.41, 5.74) is 0.666. The van der Waals surface area contributed by atoms with Gasteiger partial charge in [0.1, 0.15) is 0 Å². The van der Waals surface area contributed by atoms with E-state index in [-0.39, 0.29) is 29.0 Å². The van der Waals surface area contributed by atoms with Gasteiger partial charge in [0.15, 0.2) is 16.4 Å². The maximum absolute atomic E-state index is 12.5. The van der Waals surface area contributed by atoms with E-state index in [0.29, 0.717) is 18.5 Å². The van der Waals surface area contributed by atoms with Crippen molar-refractivity contribution in [2.75, 3.05) is 24.7 Å². The molecule has 1 aliphatic rings. The van der Waals surface area contributed by atoms with Crippen LogP contribution < -0.4 is 0 Å². The number of amides is 1. The molecule has 140 valence electrons. The van der Waals surface area contributed by atoms with Gasteiger partial charge in [0, 0.05) is 12.6 Å². The summed E-state index contributed by atoms with van der Waals surface area (Å²) in [6, 6.07) is 7.48. The lowest BCUT2D eigenvalue weighted by atomic mass is 10.1. The predicted molar refractivity (Wildman–Crippen MR) is 95.0 cm³/mol. The monoisotopic (exact) mass is 378 g/mol. The molecule has 1 fully saturated rings. The van der Waals surface area contributed by atoms with E-state index in [1.54, 1.807) is 0 Å². The van der Waals surface area contributed by atoms with Crippen molar-refractivity contribution in [2.24, 2.45) is 5.92 Å². The summed E-state index contributed by atoms with van der Waals surface area (Å²) >= 11 is 0. The Morgan fingerprint density at radius 1 is 1.31 bits per heavy atom. The molecule has 1 atom stereocenters.